The van der Waals surface area contributed by atoms with Crippen LogP contribution in [-0.2, 0) is 0 Å². The summed E-state index contributed by atoms with van der Waals surface area (Å²) in [7, 11) is 0. The van der Waals surface area contributed by atoms with Crippen LogP contribution in [0.25, 0.3) is 0 Å². The first-order valence-electron chi connectivity index (χ1n) is 25.1. The maximum atomic E-state index is 11.1. The van der Waals surface area contributed by atoms with Gasteiger partial charge in [-0.2, -0.15) is 0 Å². The highest BCUT2D eigenvalue weighted by atomic mass is 16.3. The van der Waals surface area contributed by atoms with Crippen LogP contribution in [-0.4, -0.2) is 85.7 Å². The summed E-state index contributed by atoms with van der Waals surface area (Å²) >= 11 is 0. The molecule has 8 nitrogen and oxygen atoms in total. The molecule has 0 saturated carbocycles. The van der Waals surface area contributed by atoms with Crippen LogP contribution in [0.3, 0.4) is 0 Å². The fraction of sp³-hybridized carbons (Fsp3) is 0.855. The van der Waals surface area contributed by atoms with Crippen molar-refractivity contribution in [1.29, 1.82) is 0 Å². The minimum atomic E-state index is -0.892. The molecule has 8 atom stereocenters. The summed E-state index contributed by atoms with van der Waals surface area (Å²) < 4.78 is 0. The van der Waals surface area contributed by atoms with E-state index in [0.717, 1.165) is 57.8 Å². The molecule has 0 aliphatic rings. The van der Waals surface area contributed by atoms with E-state index in [-0.39, 0.29) is 0 Å². The summed E-state index contributed by atoms with van der Waals surface area (Å²) in [6, 6.07) is 0. The molecule has 0 rings (SSSR count). The number of hydrogen-bond donors (Lipinski definition) is 8. The van der Waals surface area contributed by atoms with Crippen LogP contribution in [0.15, 0.2) is 47.6 Å². The van der Waals surface area contributed by atoms with Gasteiger partial charge in [-0.15, -0.1) is 6.58 Å². The molecule has 0 aromatic carbocycles. The molecule has 8 N–H and O–H groups in total. The van der Waals surface area contributed by atoms with E-state index in [1.807, 2.05) is 48.5 Å². The SMILES string of the molecule is C=CC(C)(O)CC/C=C(\C)CC/C=C(\C)CCCC(C)(O)CCCC(C)(O)CCCC(C)(O)CCCC(C)(O)CCCC(C)(O)CCCC(C)(O)CCCC(C)(O)CCC=C(C)C. The summed E-state index contributed by atoms with van der Waals surface area (Å²) in [6.45, 7) is 26.9. The maximum Gasteiger partial charge on any atom is 0.0800 e. The van der Waals surface area contributed by atoms with Gasteiger partial charge in [0.15, 0.2) is 0 Å². The Balaban J connectivity index is 4.41. The Morgan fingerprint density at radius 1 is 0.333 bits per heavy atom. The molecule has 8 unspecified atom stereocenters. The van der Waals surface area contributed by atoms with E-state index in [0.29, 0.717) is 116 Å². The van der Waals surface area contributed by atoms with Crippen LogP contribution >= 0.6 is 0 Å². The molecule has 0 bridgehead atoms. The molecular weight excluding hydrogens is 789 g/mol. The summed E-state index contributed by atoms with van der Waals surface area (Å²) in [6.07, 6.45) is 27.2. The Morgan fingerprint density at radius 2 is 0.587 bits per heavy atom. The first-order valence-corrected chi connectivity index (χ1v) is 25.1. The minimum absolute atomic E-state index is 0.560. The largest absolute Gasteiger partial charge is 0.390 e. The molecule has 0 aliphatic heterocycles. The van der Waals surface area contributed by atoms with Crippen molar-refractivity contribution in [3.63, 3.8) is 0 Å². The third-order valence-electron chi connectivity index (χ3n) is 13.7. The van der Waals surface area contributed by atoms with Crippen molar-refractivity contribution in [3.8, 4) is 0 Å². The van der Waals surface area contributed by atoms with E-state index in [9.17, 15) is 40.9 Å². The van der Waals surface area contributed by atoms with Crippen molar-refractivity contribution in [2.45, 2.75) is 301 Å². The molecular formula is C55H104O8. The molecule has 0 aliphatic carbocycles. The van der Waals surface area contributed by atoms with Gasteiger partial charge in [0.05, 0.1) is 44.8 Å². The van der Waals surface area contributed by atoms with Crippen LogP contribution in [0.5, 0.6) is 0 Å². The summed E-state index contributed by atoms with van der Waals surface area (Å²) in [5.74, 6) is 0. The topological polar surface area (TPSA) is 162 Å². The lowest BCUT2D eigenvalue weighted by Crippen LogP contribution is -2.31. The predicted molar refractivity (Wildman–Crippen MR) is 267 cm³/mol. The van der Waals surface area contributed by atoms with Gasteiger partial charge in [0.25, 0.3) is 0 Å². The van der Waals surface area contributed by atoms with Crippen LogP contribution in [0.1, 0.15) is 256 Å². The fourth-order valence-electron chi connectivity index (χ4n) is 8.86. The zero-order chi connectivity index (χ0) is 48.7. The van der Waals surface area contributed by atoms with Crippen LogP contribution < -0.4 is 0 Å². The highest BCUT2D eigenvalue weighted by Crippen LogP contribution is 2.32. The number of allylic oxidation sites excluding steroid dienone is 6. The smallest absolute Gasteiger partial charge is 0.0800 e. The van der Waals surface area contributed by atoms with E-state index >= 15 is 0 Å². The van der Waals surface area contributed by atoms with Crippen LogP contribution in [0, 0.1) is 0 Å². The van der Waals surface area contributed by atoms with Gasteiger partial charge >= 0.3 is 0 Å². The number of rotatable bonds is 38. The average molecular weight is 893 g/mol. The number of aliphatic hydroxyl groups is 8. The summed E-state index contributed by atoms with van der Waals surface area (Å²) in [5, 5.41) is 87.2. The van der Waals surface area contributed by atoms with Gasteiger partial charge in [-0.25, -0.2) is 0 Å². The van der Waals surface area contributed by atoms with E-state index in [4.69, 9.17) is 0 Å². The average Bonchev–Trinajstić information content (AvgIpc) is 3.10. The van der Waals surface area contributed by atoms with Gasteiger partial charge in [-0.05, 0) is 256 Å². The second kappa shape index (κ2) is 28.7. The minimum Gasteiger partial charge on any atom is -0.390 e. The van der Waals surface area contributed by atoms with Gasteiger partial charge in [0.1, 0.15) is 0 Å². The van der Waals surface area contributed by atoms with Crippen LogP contribution in [0.4, 0.5) is 0 Å². The van der Waals surface area contributed by atoms with Crippen molar-refractivity contribution < 1.29 is 40.9 Å². The van der Waals surface area contributed by atoms with Gasteiger partial charge in [0.2, 0.25) is 0 Å². The standard InChI is InChI=1S/C55H104O8/c1-14-48(6,56)30-17-28-46(4)26-15-27-47(5)29-18-32-50(8,58)34-20-36-52(10,60)38-22-40-54(12,62)42-24-44-55(13,63)43-23-41-53(11,61)39-21-37-51(9,59)35-19-33-49(7,57)31-16-25-45(2)3/h14,25,27-28,56-63H,1,15-24,26,29-44H2,2-13H3/b46-28+,47-27+. The lowest BCUT2D eigenvalue weighted by atomic mass is 9.83. The molecule has 372 valence electrons. The van der Waals surface area contributed by atoms with Gasteiger partial charge < -0.3 is 40.9 Å². The monoisotopic (exact) mass is 893 g/mol. The molecule has 0 heterocycles. The van der Waals surface area contributed by atoms with E-state index in [1.54, 1.807) is 13.0 Å². The maximum absolute atomic E-state index is 11.1. The van der Waals surface area contributed by atoms with Crippen molar-refractivity contribution in [2.24, 2.45) is 0 Å². The van der Waals surface area contributed by atoms with Gasteiger partial charge in [0, 0.05) is 0 Å². The Labute approximate surface area is 388 Å². The predicted octanol–water partition coefficient (Wildman–Crippen LogP) is 12.6. The normalized spacial score (nSPS) is 20.5. The zero-order valence-electron chi connectivity index (χ0n) is 43.2. The molecule has 0 amide bonds. The Kier molecular flexibility index (Phi) is 28.1. The van der Waals surface area contributed by atoms with E-state index < -0.39 is 44.8 Å². The molecule has 63 heavy (non-hydrogen) atoms. The zero-order valence-corrected chi connectivity index (χ0v) is 43.2. The van der Waals surface area contributed by atoms with Crippen molar-refractivity contribution in [1.82, 2.24) is 0 Å². The quantitative estimate of drug-likeness (QED) is 0.0284. The fourth-order valence-corrected chi connectivity index (χ4v) is 8.86. The molecule has 0 radical (unpaired) electrons. The Bertz CT molecular complexity index is 1340. The molecule has 8 heteroatoms. The second-order valence-electron chi connectivity index (χ2n) is 23.0. The van der Waals surface area contributed by atoms with Crippen molar-refractivity contribution >= 4 is 0 Å². The first-order chi connectivity index (χ1) is 28.7. The van der Waals surface area contributed by atoms with E-state index in [2.05, 4.69) is 52.5 Å². The third-order valence-corrected chi connectivity index (χ3v) is 13.7. The van der Waals surface area contributed by atoms with Crippen LogP contribution in [0.2, 0.25) is 0 Å². The second-order valence-corrected chi connectivity index (χ2v) is 23.0. The Morgan fingerprint density at radius 3 is 0.889 bits per heavy atom. The van der Waals surface area contributed by atoms with Gasteiger partial charge in [-0.1, -0.05) is 41.0 Å². The number of hydrogen-bond acceptors (Lipinski definition) is 8. The highest BCUT2D eigenvalue weighted by Gasteiger charge is 2.30. The van der Waals surface area contributed by atoms with Crippen molar-refractivity contribution in [2.75, 3.05) is 0 Å². The lowest BCUT2D eigenvalue weighted by molar-refractivity contribution is -0.00815. The third kappa shape index (κ3) is 35.5. The molecule has 0 saturated heterocycles. The van der Waals surface area contributed by atoms with Crippen molar-refractivity contribution in [3.05, 3.63) is 47.6 Å². The summed E-state index contributed by atoms with van der Waals surface area (Å²) in [4.78, 5) is 0. The molecule has 0 aromatic heterocycles. The summed E-state index contributed by atoms with van der Waals surface area (Å²) in [5.41, 5.74) is -2.76. The lowest BCUT2D eigenvalue weighted by Gasteiger charge is -2.31. The van der Waals surface area contributed by atoms with E-state index in [1.165, 1.54) is 16.7 Å². The first kappa shape index (κ1) is 61.6. The highest BCUT2D eigenvalue weighted by molar-refractivity contribution is 5.05. The molecule has 0 aromatic rings. The molecule has 0 fully saturated rings. The Hall–Kier alpha value is -1.36. The van der Waals surface area contributed by atoms with Gasteiger partial charge in [-0.3, -0.25) is 0 Å². The molecule has 0 spiro atoms.